The fourth-order valence-electron chi connectivity index (χ4n) is 4.59. The van der Waals surface area contributed by atoms with Crippen molar-refractivity contribution in [1.82, 2.24) is 19.3 Å². The van der Waals surface area contributed by atoms with Crippen molar-refractivity contribution in [3.63, 3.8) is 0 Å². The molecule has 0 unspecified atom stereocenters. The molecule has 3 heterocycles. The highest BCUT2D eigenvalue weighted by Crippen LogP contribution is 2.35. The first-order chi connectivity index (χ1) is 19.2. The molecule has 0 saturated carbocycles. The van der Waals surface area contributed by atoms with Gasteiger partial charge in [0.05, 0.1) is 5.56 Å². The minimum absolute atomic E-state index is 0.210. The number of aryl methyl sites for hydroxylation is 1. The first-order valence-electron chi connectivity index (χ1n) is 12.8. The van der Waals surface area contributed by atoms with Gasteiger partial charge in [-0.1, -0.05) is 36.2 Å². The van der Waals surface area contributed by atoms with E-state index >= 15 is 0 Å². The minimum atomic E-state index is -4.45. The first kappa shape index (κ1) is 28.4. The Hall–Kier alpha value is -3.12. The van der Waals surface area contributed by atoms with E-state index in [0.29, 0.717) is 25.9 Å². The van der Waals surface area contributed by atoms with Gasteiger partial charge >= 0.3 is 6.18 Å². The number of pyridine rings is 1. The standard InChI is InChI=1S/C29H28F3N5OS2/c1-20-16-25(40-34-19-21-4-3-12-33-18-21)8-7-22(20)9-15-39-37-13-10-28(11-14-37)27(38)35-26(36-28)23-5-2-6-24(17-23)29(30,31)32/h2-9,12,15-18,34H,10-11,13-14,19H2,1H3,(H,35,36,38)/b15-9+. The van der Waals surface area contributed by atoms with Crippen LogP contribution in [0.2, 0.25) is 0 Å². The van der Waals surface area contributed by atoms with Gasteiger partial charge in [0.2, 0.25) is 0 Å². The summed E-state index contributed by atoms with van der Waals surface area (Å²) in [5.74, 6) is -0.0370. The smallest absolute Gasteiger partial charge is 0.308 e. The SMILES string of the molecule is Cc1cc(SNCc2cccnc2)ccc1/C=C/SN1CCC2(CC1)N=C(c1cccc(C(F)(F)F)c1)NC2=O. The number of rotatable bonds is 8. The monoisotopic (exact) mass is 583 g/mol. The molecular formula is C29H28F3N5OS2. The van der Waals surface area contributed by atoms with Gasteiger partial charge in [-0.25, -0.2) is 4.31 Å². The predicted octanol–water partition coefficient (Wildman–Crippen LogP) is 6.24. The molecule has 5 rings (SSSR count). The molecule has 208 valence electrons. The van der Waals surface area contributed by atoms with Gasteiger partial charge in [0.25, 0.3) is 5.91 Å². The molecule has 2 aliphatic heterocycles. The van der Waals surface area contributed by atoms with Gasteiger partial charge in [0.15, 0.2) is 0 Å². The summed E-state index contributed by atoms with van der Waals surface area (Å²) in [7, 11) is 0. The van der Waals surface area contributed by atoms with Crippen molar-refractivity contribution in [2.75, 3.05) is 13.1 Å². The van der Waals surface area contributed by atoms with Crippen molar-refractivity contribution in [2.45, 2.75) is 42.9 Å². The van der Waals surface area contributed by atoms with Crippen molar-refractivity contribution in [3.05, 3.63) is 100 Å². The largest absolute Gasteiger partial charge is 0.416 e. The van der Waals surface area contributed by atoms with E-state index in [1.54, 1.807) is 30.1 Å². The maximum absolute atomic E-state index is 13.1. The van der Waals surface area contributed by atoms with E-state index < -0.39 is 17.3 Å². The number of carbonyl (C=O) groups excluding carboxylic acids is 1. The molecule has 0 atom stereocenters. The molecule has 0 radical (unpaired) electrons. The molecule has 11 heteroatoms. The summed E-state index contributed by atoms with van der Waals surface area (Å²) >= 11 is 3.17. The third-order valence-electron chi connectivity index (χ3n) is 6.88. The lowest BCUT2D eigenvalue weighted by Crippen LogP contribution is -2.47. The number of piperidine rings is 1. The second-order valence-corrected chi connectivity index (χ2v) is 11.6. The van der Waals surface area contributed by atoms with Gasteiger partial charge in [0.1, 0.15) is 11.4 Å². The number of aromatic nitrogens is 1. The van der Waals surface area contributed by atoms with Crippen LogP contribution in [0.25, 0.3) is 6.08 Å². The average Bonchev–Trinajstić information content (AvgIpc) is 3.26. The van der Waals surface area contributed by atoms with Gasteiger partial charge < -0.3 is 5.32 Å². The summed E-state index contributed by atoms with van der Waals surface area (Å²) in [6.45, 7) is 4.09. The van der Waals surface area contributed by atoms with Crippen LogP contribution in [0.5, 0.6) is 0 Å². The Morgan fingerprint density at radius 3 is 2.67 bits per heavy atom. The normalized spacial score (nSPS) is 17.4. The molecule has 0 aliphatic carbocycles. The van der Waals surface area contributed by atoms with Crippen LogP contribution in [0.3, 0.4) is 0 Å². The van der Waals surface area contributed by atoms with E-state index in [1.807, 2.05) is 23.7 Å². The molecule has 40 heavy (non-hydrogen) atoms. The average molecular weight is 584 g/mol. The third-order valence-corrected chi connectivity index (χ3v) is 8.58. The zero-order valence-electron chi connectivity index (χ0n) is 21.7. The minimum Gasteiger partial charge on any atom is -0.308 e. The number of amidine groups is 1. The quantitative estimate of drug-likeness (QED) is 0.306. The maximum Gasteiger partial charge on any atom is 0.416 e. The highest BCUT2D eigenvalue weighted by atomic mass is 32.2. The summed E-state index contributed by atoms with van der Waals surface area (Å²) in [4.78, 5) is 22.7. The van der Waals surface area contributed by atoms with Crippen LogP contribution < -0.4 is 10.0 Å². The van der Waals surface area contributed by atoms with Gasteiger partial charge in [-0.2, -0.15) is 13.2 Å². The molecule has 0 bridgehead atoms. The molecule has 3 aromatic rings. The van der Waals surface area contributed by atoms with Crippen LogP contribution in [-0.4, -0.2) is 39.7 Å². The number of amides is 1. The van der Waals surface area contributed by atoms with E-state index in [1.165, 1.54) is 17.7 Å². The first-order valence-corrected chi connectivity index (χ1v) is 14.4. The predicted molar refractivity (Wildman–Crippen MR) is 154 cm³/mol. The molecule has 2 aliphatic rings. The second-order valence-electron chi connectivity index (χ2n) is 9.66. The Morgan fingerprint density at radius 2 is 1.95 bits per heavy atom. The molecule has 1 fully saturated rings. The van der Waals surface area contributed by atoms with Crippen molar-refractivity contribution < 1.29 is 18.0 Å². The fraction of sp³-hybridized carbons (Fsp3) is 0.276. The topological polar surface area (TPSA) is 69.6 Å². The lowest BCUT2D eigenvalue weighted by molar-refractivity contribution is -0.137. The second kappa shape index (κ2) is 12.2. The molecule has 1 spiro atoms. The Bertz CT molecular complexity index is 1420. The number of nitrogens with zero attached hydrogens (tertiary/aromatic N) is 3. The molecular weight excluding hydrogens is 555 g/mol. The zero-order chi connectivity index (χ0) is 28.2. The fourth-order valence-corrected chi connectivity index (χ4v) is 6.14. The lowest BCUT2D eigenvalue weighted by atomic mass is 9.89. The number of benzene rings is 2. The van der Waals surface area contributed by atoms with E-state index in [4.69, 9.17) is 0 Å². The van der Waals surface area contributed by atoms with Crippen LogP contribution in [0.4, 0.5) is 13.2 Å². The third kappa shape index (κ3) is 6.77. The van der Waals surface area contributed by atoms with Crippen LogP contribution in [-0.2, 0) is 17.5 Å². The highest BCUT2D eigenvalue weighted by Gasteiger charge is 2.46. The molecule has 1 aromatic heterocycles. The van der Waals surface area contributed by atoms with Crippen molar-refractivity contribution in [3.8, 4) is 0 Å². The van der Waals surface area contributed by atoms with Crippen molar-refractivity contribution in [2.24, 2.45) is 4.99 Å². The molecule has 2 N–H and O–H groups in total. The van der Waals surface area contributed by atoms with Crippen LogP contribution in [0.1, 0.15) is 40.7 Å². The van der Waals surface area contributed by atoms with Gasteiger partial charge in [0, 0.05) is 42.5 Å². The summed E-state index contributed by atoms with van der Waals surface area (Å²) in [6, 6.07) is 15.2. The number of hydrogen-bond acceptors (Lipinski definition) is 7. The summed E-state index contributed by atoms with van der Waals surface area (Å²) in [5.41, 5.74) is 2.00. The van der Waals surface area contributed by atoms with Crippen LogP contribution >= 0.6 is 23.9 Å². The van der Waals surface area contributed by atoms with E-state index in [0.717, 1.165) is 34.7 Å². The van der Waals surface area contributed by atoms with Crippen molar-refractivity contribution in [1.29, 1.82) is 0 Å². The number of hydrogen-bond donors (Lipinski definition) is 2. The Kier molecular flexibility index (Phi) is 8.65. The Morgan fingerprint density at radius 1 is 1.12 bits per heavy atom. The van der Waals surface area contributed by atoms with Crippen LogP contribution in [0, 0.1) is 6.92 Å². The highest BCUT2D eigenvalue weighted by molar-refractivity contribution is 8.00. The molecule has 2 aromatic carbocycles. The number of halogens is 3. The number of carbonyl (C=O) groups is 1. The number of nitrogens with one attached hydrogen (secondary N) is 2. The Labute approximate surface area is 239 Å². The van der Waals surface area contributed by atoms with E-state index in [9.17, 15) is 18.0 Å². The molecule has 1 saturated heterocycles. The number of alkyl halides is 3. The summed E-state index contributed by atoms with van der Waals surface area (Å²) < 4.78 is 44.9. The number of aliphatic imine (C=N–C) groups is 1. The summed E-state index contributed by atoms with van der Waals surface area (Å²) in [6.07, 6.45) is 2.23. The maximum atomic E-state index is 13.1. The van der Waals surface area contributed by atoms with Gasteiger partial charge in [-0.05, 0) is 90.2 Å². The van der Waals surface area contributed by atoms with Gasteiger partial charge in [-0.15, -0.1) is 0 Å². The zero-order valence-corrected chi connectivity index (χ0v) is 23.4. The van der Waals surface area contributed by atoms with Crippen molar-refractivity contribution >= 4 is 41.7 Å². The van der Waals surface area contributed by atoms with Gasteiger partial charge in [-0.3, -0.25) is 19.5 Å². The van der Waals surface area contributed by atoms with E-state index in [-0.39, 0.29) is 17.3 Å². The lowest BCUT2D eigenvalue weighted by Gasteiger charge is -2.34. The Balaban J connectivity index is 1.13. The summed E-state index contributed by atoms with van der Waals surface area (Å²) in [5, 5.41) is 4.76. The van der Waals surface area contributed by atoms with E-state index in [2.05, 4.69) is 55.5 Å². The van der Waals surface area contributed by atoms with Crippen LogP contribution in [0.15, 0.2) is 82.3 Å². The molecule has 6 nitrogen and oxygen atoms in total. The molecule has 1 amide bonds.